The second-order valence-electron chi connectivity index (χ2n) is 6.97. The highest BCUT2D eigenvalue weighted by Gasteiger charge is 2.31. The van der Waals surface area contributed by atoms with Crippen molar-refractivity contribution in [1.82, 2.24) is 4.90 Å². The van der Waals surface area contributed by atoms with Crippen LogP contribution in [0.3, 0.4) is 0 Å². The standard InChI is InChI=1S/C22H26ClNO4/c1-3-28-20-13-16(8-11-19(20)27-2)21(15-6-9-18(23)10-7-15)24-12-4-5-17(14-24)22(25)26/h6-11,13,17,21H,3-5,12,14H2,1-2H3,(H,25,26). The van der Waals surface area contributed by atoms with E-state index < -0.39 is 5.97 Å². The van der Waals surface area contributed by atoms with Crippen LogP contribution in [0, 0.1) is 5.92 Å². The molecular formula is C22H26ClNO4. The largest absolute Gasteiger partial charge is 0.493 e. The van der Waals surface area contributed by atoms with Gasteiger partial charge in [0.15, 0.2) is 11.5 Å². The summed E-state index contributed by atoms with van der Waals surface area (Å²) in [6.45, 7) is 3.83. The lowest BCUT2D eigenvalue weighted by molar-refractivity contribution is -0.143. The second-order valence-corrected chi connectivity index (χ2v) is 7.41. The minimum atomic E-state index is -0.732. The Bertz CT molecular complexity index is 809. The van der Waals surface area contributed by atoms with E-state index in [9.17, 15) is 9.90 Å². The van der Waals surface area contributed by atoms with E-state index in [4.69, 9.17) is 21.1 Å². The number of halogens is 1. The Kier molecular flexibility index (Phi) is 6.81. The number of benzene rings is 2. The van der Waals surface area contributed by atoms with Crippen LogP contribution in [-0.4, -0.2) is 42.8 Å². The molecule has 5 nitrogen and oxygen atoms in total. The first-order valence-electron chi connectivity index (χ1n) is 9.56. The predicted molar refractivity (Wildman–Crippen MR) is 109 cm³/mol. The van der Waals surface area contributed by atoms with E-state index in [1.807, 2.05) is 49.4 Å². The molecule has 1 N–H and O–H groups in total. The van der Waals surface area contributed by atoms with Gasteiger partial charge in [0.25, 0.3) is 0 Å². The molecule has 2 aromatic carbocycles. The highest BCUT2D eigenvalue weighted by molar-refractivity contribution is 6.30. The van der Waals surface area contributed by atoms with E-state index in [0.29, 0.717) is 36.1 Å². The van der Waals surface area contributed by atoms with Crippen LogP contribution in [0.2, 0.25) is 5.02 Å². The van der Waals surface area contributed by atoms with Crippen molar-refractivity contribution in [1.29, 1.82) is 0 Å². The number of methoxy groups -OCH3 is 1. The van der Waals surface area contributed by atoms with Gasteiger partial charge in [-0.25, -0.2) is 0 Å². The van der Waals surface area contributed by atoms with Gasteiger partial charge in [-0.15, -0.1) is 0 Å². The summed E-state index contributed by atoms with van der Waals surface area (Å²) >= 11 is 6.09. The van der Waals surface area contributed by atoms with Crippen molar-refractivity contribution in [3.05, 3.63) is 58.6 Å². The molecule has 6 heteroatoms. The van der Waals surface area contributed by atoms with Gasteiger partial charge in [0.2, 0.25) is 0 Å². The molecule has 1 aliphatic heterocycles. The van der Waals surface area contributed by atoms with E-state index in [2.05, 4.69) is 4.90 Å². The lowest BCUT2D eigenvalue weighted by Crippen LogP contribution is -2.41. The van der Waals surface area contributed by atoms with Crippen molar-refractivity contribution in [3.63, 3.8) is 0 Å². The van der Waals surface area contributed by atoms with Crippen molar-refractivity contribution < 1.29 is 19.4 Å². The number of hydrogen-bond donors (Lipinski definition) is 1. The number of hydrogen-bond acceptors (Lipinski definition) is 4. The summed E-state index contributed by atoms with van der Waals surface area (Å²) in [6, 6.07) is 13.6. The molecular weight excluding hydrogens is 378 g/mol. The van der Waals surface area contributed by atoms with Crippen LogP contribution in [0.4, 0.5) is 0 Å². The normalized spacial score (nSPS) is 18.5. The zero-order valence-electron chi connectivity index (χ0n) is 16.2. The summed E-state index contributed by atoms with van der Waals surface area (Å²) in [4.78, 5) is 13.8. The smallest absolute Gasteiger partial charge is 0.307 e. The summed E-state index contributed by atoms with van der Waals surface area (Å²) < 4.78 is 11.2. The van der Waals surface area contributed by atoms with Crippen molar-refractivity contribution in [3.8, 4) is 11.5 Å². The molecule has 2 unspecified atom stereocenters. The van der Waals surface area contributed by atoms with Gasteiger partial charge in [0.1, 0.15) is 0 Å². The topological polar surface area (TPSA) is 59.0 Å². The average molecular weight is 404 g/mol. The molecule has 1 heterocycles. The van der Waals surface area contributed by atoms with E-state index in [-0.39, 0.29) is 12.0 Å². The molecule has 0 radical (unpaired) electrons. The number of piperidine rings is 1. The molecule has 0 aromatic heterocycles. The number of nitrogens with zero attached hydrogens (tertiary/aromatic N) is 1. The minimum absolute atomic E-state index is 0.0791. The van der Waals surface area contributed by atoms with Gasteiger partial charge in [-0.1, -0.05) is 29.8 Å². The quantitative estimate of drug-likeness (QED) is 0.730. The van der Waals surface area contributed by atoms with Gasteiger partial charge >= 0.3 is 5.97 Å². The van der Waals surface area contributed by atoms with Crippen LogP contribution < -0.4 is 9.47 Å². The molecule has 2 aromatic rings. The SMILES string of the molecule is CCOc1cc(C(c2ccc(Cl)cc2)N2CCCC(C(=O)O)C2)ccc1OC. The molecule has 28 heavy (non-hydrogen) atoms. The van der Waals surface area contributed by atoms with Crippen molar-refractivity contribution in [2.45, 2.75) is 25.8 Å². The zero-order chi connectivity index (χ0) is 20.1. The third kappa shape index (κ3) is 4.59. The molecule has 2 atom stereocenters. The first-order chi connectivity index (χ1) is 13.5. The highest BCUT2D eigenvalue weighted by Crippen LogP contribution is 2.37. The van der Waals surface area contributed by atoms with Gasteiger partial charge in [0.05, 0.1) is 25.7 Å². The third-order valence-corrected chi connectivity index (χ3v) is 5.41. The van der Waals surface area contributed by atoms with Gasteiger partial charge < -0.3 is 14.6 Å². The monoisotopic (exact) mass is 403 g/mol. The molecule has 0 saturated carbocycles. The van der Waals surface area contributed by atoms with Gasteiger partial charge in [-0.2, -0.15) is 0 Å². The lowest BCUT2D eigenvalue weighted by Gasteiger charge is -2.37. The van der Waals surface area contributed by atoms with Crippen LogP contribution in [0.5, 0.6) is 11.5 Å². The first-order valence-corrected chi connectivity index (χ1v) is 9.94. The highest BCUT2D eigenvalue weighted by atomic mass is 35.5. The first kappa shape index (κ1) is 20.5. The third-order valence-electron chi connectivity index (χ3n) is 5.16. The second kappa shape index (κ2) is 9.30. The molecule has 3 rings (SSSR count). The van der Waals surface area contributed by atoms with Gasteiger partial charge in [-0.3, -0.25) is 9.69 Å². The van der Waals surface area contributed by atoms with Gasteiger partial charge in [0, 0.05) is 11.6 Å². The van der Waals surface area contributed by atoms with Gasteiger partial charge in [-0.05, 0) is 61.7 Å². The Balaban J connectivity index is 2.02. The molecule has 0 aliphatic carbocycles. The molecule has 1 saturated heterocycles. The maximum Gasteiger partial charge on any atom is 0.307 e. The fourth-order valence-electron chi connectivity index (χ4n) is 3.83. The van der Waals surface area contributed by atoms with Crippen molar-refractivity contribution >= 4 is 17.6 Å². The Morgan fingerprint density at radius 3 is 2.57 bits per heavy atom. The molecule has 150 valence electrons. The summed E-state index contributed by atoms with van der Waals surface area (Å²) in [5.41, 5.74) is 2.11. The number of carbonyl (C=O) groups is 1. The number of carboxylic acids is 1. The summed E-state index contributed by atoms with van der Waals surface area (Å²) in [6.07, 6.45) is 1.57. The number of rotatable bonds is 7. The average Bonchev–Trinajstić information content (AvgIpc) is 2.70. The Morgan fingerprint density at radius 2 is 1.93 bits per heavy atom. The number of likely N-dealkylation sites (tertiary alicyclic amines) is 1. The Morgan fingerprint density at radius 1 is 1.21 bits per heavy atom. The fraction of sp³-hybridized carbons (Fsp3) is 0.409. The maximum atomic E-state index is 11.6. The van der Waals surface area contributed by atoms with Crippen LogP contribution in [0.25, 0.3) is 0 Å². The van der Waals surface area contributed by atoms with Crippen LogP contribution >= 0.6 is 11.6 Å². The zero-order valence-corrected chi connectivity index (χ0v) is 17.0. The lowest BCUT2D eigenvalue weighted by atomic mass is 9.91. The number of ether oxygens (including phenoxy) is 2. The maximum absolute atomic E-state index is 11.6. The molecule has 1 aliphatic rings. The molecule has 0 amide bonds. The van der Waals surface area contributed by atoms with Crippen molar-refractivity contribution in [2.75, 3.05) is 26.8 Å². The summed E-state index contributed by atoms with van der Waals surface area (Å²) in [5.74, 6) is 0.285. The van der Waals surface area contributed by atoms with E-state index >= 15 is 0 Å². The minimum Gasteiger partial charge on any atom is -0.493 e. The fourth-order valence-corrected chi connectivity index (χ4v) is 3.96. The molecule has 1 fully saturated rings. The summed E-state index contributed by atoms with van der Waals surface area (Å²) in [7, 11) is 1.62. The van der Waals surface area contributed by atoms with E-state index in [1.54, 1.807) is 7.11 Å². The number of aliphatic carboxylic acids is 1. The van der Waals surface area contributed by atoms with Crippen molar-refractivity contribution in [2.24, 2.45) is 5.92 Å². The summed E-state index contributed by atoms with van der Waals surface area (Å²) in [5, 5.41) is 10.2. The molecule has 0 spiro atoms. The van der Waals surface area contributed by atoms with E-state index in [1.165, 1.54) is 0 Å². The predicted octanol–water partition coefficient (Wildman–Crippen LogP) is 4.63. The Labute approximate surface area is 170 Å². The van der Waals surface area contributed by atoms with Crippen LogP contribution in [0.1, 0.15) is 36.9 Å². The van der Waals surface area contributed by atoms with Crippen LogP contribution in [-0.2, 0) is 4.79 Å². The number of carboxylic acid groups (broad SMARTS) is 1. The Hall–Kier alpha value is -2.24. The molecule has 0 bridgehead atoms. The van der Waals surface area contributed by atoms with Crippen LogP contribution in [0.15, 0.2) is 42.5 Å². The van der Waals surface area contributed by atoms with E-state index in [0.717, 1.165) is 24.1 Å².